The molecule has 0 saturated heterocycles. The van der Waals surface area contributed by atoms with Crippen LogP contribution in [0.25, 0.3) is 0 Å². The third-order valence-electron chi connectivity index (χ3n) is 2.47. The zero-order valence-electron chi connectivity index (χ0n) is 9.57. The van der Waals surface area contributed by atoms with Crippen molar-refractivity contribution < 1.29 is 13.2 Å². The maximum absolute atomic E-state index is 12.5. The summed E-state index contributed by atoms with van der Waals surface area (Å²) in [6.45, 7) is 0.366. The molecule has 0 saturated carbocycles. The van der Waals surface area contributed by atoms with Crippen molar-refractivity contribution in [2.45, 2.75) is 12.7 Å². The van der Waals surface area contributed by atoms with Crippen LogP contribution in [0.15, 0.2) is 30.5 Å². The standard InChI is InChI=1S/C11H11F3N4/c1-18-10(7-16-17-18)6-15-9-4-2-3-8(5-9)11(12,13)14/h2-5,7,15H,6H2,1H3. The number of halogens is 3. The molecule has 0 atom stereocenters. The van der Waals surface area contributed by atoms with Crippen LogP contribution >= 0.6 is 0 Å². The first-order valence-corrected chi connectivity index (χ1v) is 5.21. The van der Waals surface area contributed by atoms with E-state index in [1.165, 1.54) is 6.07 Å². The van der Waals surface area contributed by atoms with Crippen LogP contribution in [0.2, 0.25) is 0 Å². The lowest BCUT2D eigenvalue weighted by molar-refractivity contribution is -0.137. The molecule has 0 spiro atoms. The van der Waals surface area contributed by atoms with Crippen LogP contribution in [0.3, 0.4) is 0 Å². The third kappa shape index (κ3) is 2.79. The molecular weight excluding hydrogens is 245 g/mol. The predicted octanol–water partition coefficient (Wildman–Crippen LogP) is 2.45. The van der Waals surface area contributed by atoms with E-state index >= 15 is 0 Å². The number of nitrogens with one attached hydrogen (secondary N) is 1. The van der Waals surface area contributed by atoms with Gasteiger partial charge < -0.3 is 5.32 Å². The molecule has 18 heavy (non-hydrogen) atoms. The molecule has 0 bridgehead atoms. The molecule has 7 heteroatoms. The molecule has 0 aliphatic heterocycles. The summed E-state index contributed by atoms with van der Waals surface area (Å²) in [4.78, 5) is 0. The minimum Gasteiger partial charge on any atom is -0.379 e. The Morgan fingerprint density at radius 2 is 2.11 bits per heavy atom. The Labute approximate surface area is 101 Å². The van der Waals surface area contributed by atoms with E-state index in [4.69, 9.17) is 0 Å². The van der Waals surface area contributed by atoms with Gasteiger partial charge in [0.2, 0.25) is 0 Å². The van der Waals surface area contributed by atoms with E-state index in [1.54, 1.807) is 24.0 Å². The van der Waals surface area contributed by atoms with Gasteiger partial charge in [0, 0.05) is 12.7 Å². The molecule has 1 N–H and O–H groups in total. The smallest absolute Gasteiger partial charge is 0.379 e. The SMILES string of the molecule is Cn1nncc1CNc1cccc(C(F)(F)F)c1. The van der Waals surface area contributed by atoms with Gasteiger partial charge in [-0.2, -0.15) is 13.2 Å². The Kier molecular flexibility index (Phi) is 3.22. The second-order valence-electron chi connectivity index (χ2n) is 3.78. The first-order valence-electron chi connectivity index (χ1n) is 5.21. The highest BCUT2D eigenvalue weighted by Crippen LogP contribution is 2.30. The van der Waals surface area contributed by atoms with Gasteiger partial charge in [-0.3, -0.25) is 4.68 Å². The van der Waals surface area contributed by atoms with E-state index in [-0.39, 0.29) is 0 Å². The predicted molar refractivity (Wildman–Crippen MR) is 59.8 cm³/mol. The summed E-state index contributed by atoms with van der Waals surface area (Å²) in [7, 11) is 1.72. The zero-order valence-corrected chi connectivity index (χ0v) is 9.57. The Balaban J connectivity index is 2.09. The molecule has 2 aromatic rings. The average Bonchev–Trinajstić information content (AvgIpc) is 2.72. The van der Waals surface area contributed by atoms with Gasteiger partial charge in [-0.15, -0.1) is 5.10 Å². The van der Waals surface area contributed by atoms with Gasteiger partial charge in [-0.25, -0.2) is 0 Å². The van der Waals surface area contributed by atoms with Crippen LogP contribution in [0.5, 0.6) is 0 Å². The van der Waals surface area contributed by atoms with Crippen molar-refractivity contribution in [3.05, 3.63) is 41.7 Å². The summed E-state index contributed by atoms with van der Waals surface area (Å²) in [6.07, 6.45) is -2.77. The molecule has 1 aromatic carbocycles. The number of hydrogen-bond donors (Lipinski definition) is 1. The van der Waals surface area contributed by atoms with Gasteiger partial charge in [-0.05, 0) is 18.2 Å². The summed E-state index contributed by atoms with van der Waals surface area (Å²) < 4.78 is 39.0. The van der Waals surface area contributed by atoms with Gasteiger partial charge in [0.25, 0.3) is 0 Å². The van der Waals surface area contributed by atoms with Crippen LogP contribution in [0.1, 0.15) is 11.3 Å². The molecule has 0 aliphatic rings. The summed E-state index contributed by atoms with van der Waals surface area (Å²) >= 11 is 0. The van der Waals surface area contributed by atoms with Gasteiger partial charge >= 0.3 is 6.18 Å². The Morgan fingerprint density at radius 1 is 1.33 bits per heavy atom. The second kappa shape index (κ2) is 4.67. The van der Waals surface area contributed by atoms with Crippen molar-refractivity contribution >= 4 is 5.69 Å². The van der Waals surface area contributed by atoms with Crippen LogP contribution in [-0.2, 0) is 19.8 Å². The average molecular weight is 256 g/mol. The molecular formula is C11H11F3N4. The zero-order chi connectivity index (χ0) is 13.2. The lowest BCUT2D eigenvalue weighted by atomic mass is 10.2. The van der Waals surface area contributed by atoms with Crippen molar-refractivity contribution in [1.82, 2.24) is 15.0 Å². The third-order valence-corrected chi connectivity index (χ3v) is 2.47. The normalized spacial score (nSPS) is 11.6. The highest BCUT2D eigenvalue weighted by atomic mass is 19.4. The first kappa shape index (κ1) is 12.4. The van der Waals surface area contributed by atoms with Gasteiger partial charge in [-0.1, -0.05) is 11.3 Å². The van der Waals surface area contributed by atoms with Crippen LogP contribution < -0.4 is 5.32 Å². The topological polar surface area (TPSA) is 42.7 Å². The maximum atomic E-state index is 12.5. The molecule has 0 radical (unpaired) electrons. The molecule has 0 amide bonds. The highest BCUT2D eigenvalue weighted by Gasteiger charge is 2.30. The van der Waals surface area contributed by atoms with Gasteiger partial charge in [0.05, 0.1) is 24.0 Å². The molecule has 96 valence electrons. The monoisotopic (exact) mass is 256 g/mol. The minimum atomic E-state index is -4.33. The molecule has 0 fully saturated rings. The Bertz CT molecular complexity index is 533. The number of alkyl halides is 3. The largest absolute Gasteiger partial charge is 0.416 e. The van der Waals surface area contributed by atoms with E-state index in [1.807, 2.05) is 0 Å². The van der Waals surface area contributed by atoms with Crippen LogP contribution in [0, 0.1) is 0 Å². The van der Waals surface area contributed by atoms with Gasteiger partial charge in [0.15, 0.2) is 0 Å². The lowest BCUT2D eigenvalue weighted by Gasteiger charge is -2.10. The molecule has 1 aromatic heterocycles. The quantitative estimate of drug-likeness (QED) is 0.917. The molecule has 0 unspecified atom stereocenters. The van der Waals surface area contributed by atoms with Crippen LogP contribution in [0.4, 0.5) is 18.9 Å². The second-order valence-corrected chi connectivity index (χ2v) is 3.78. The minimum absolute atomic E-state index is 0.366. The van der Waals surface area contributed by atoms with E-state index in [0.717, 1.165) is 17.8 Å². The first-order chi connectivity index (χ1) is 8.47. The van der Waals surface area contributed by atoms with E-state index in [0.29, 0.717) is 12.2 Å². The van der Waals surface area contributed by atoms with Crippen molar-refractivity contribution in [2.75, 3.05) is 5.32 Å². The Hall–Kier alpha value is -2.05. The maximum Gasteiger partial charge on any atom is 0.416 e. The summed E-state index contributed by atoms with van der Waals surface area (Å²) in [5, 5.41) is 10.3. The number of benzene rings is 1. The van der Waals surface area contributed by atoms with Gasteiger partial charge in [0.1, 0.15) is 0 Å². The lowest BCUT2D eigenvalue weighted by Crippen LogP contribution is -2.08. The van der Waals surface area contributed by atoms with E-state index in [2.05, 4.69) is 15.6 Å². The molecule has 4 nitrogen and oxygen atoms in total. The number of hydrogen-bond acceptors (Lipinski definition) is 3. The highest BCUT2D eigenvalue weighted by molar-refractivity contribution is 5.46. The Morgan fingerprint density at radius 3 is 2.72 bits per heavy atom. The van der Waals surface area contributed by atoms with Crippen LogP contribution in [-0.4, -0.2) is 15.0 Å². The fourth-order valence-electron chi connectivity index (χ4n) is 1.47. The number of anilines is 1. The summed E-state index contributed by atoms with van der Waals surface area (Å²) in [6, 6.07) is 5.06. The van der Waals surface area contributed by atoms with Crippen molar-refractivity contribution in [3.8, 4) is 0 Å². The number of aromatic nitrogens is 3. The molecule has 0 aliphatic carbocycles. The van der Waals surface area contributed by atoms with E-state index < -0.39 is 11.7 Å². The number of rotatable bonds is 3. The molecule has 1 heterocycles. The van der Waals surface area contributed by atoms with E-state index in [9.17, 15) is 13.2 Å². The number of nitrogens with zero attached hydrogens (tertiary/aromatic N) is 3. The summed E-state index contributed by atoms with van der Waals surface area (Å²) in [5.41, 5.74) is 0.522. The van der Waals surface area contributed by atoms with Crippen molar-refractivity contribution in [3.63, 3.8) is 0 Å². The van der Waals surface area contributed by atoms with Crippen molar-refractivity contribution in [1.29, 1.82) is 0 Å². The number of aryl methyl sites for hydroxylation is 1. The van der Waals surface area contributed by atoms with Crippen molar-refractivity contribution in [2.24, 2.45) is 7.05 Å². The fraction of sp³-hybridized carbons (Fsp3) is 0.273. The summed E-state index contributed by atoms with van der Waals surface area (Å²) in [5.74, 6) is 0. The molecule has 2 rings (SSSR count). The fourth-order valence-corrected chi connectivity index (χ4v) is 1.47.